The smallest absolute Gasteiger partial charge is 0.229 e. The largest absolute Gasteiger partial charge is 0.444 e. The summed E-state index contributed by atoms with van der Waals surface area (Å²) in [5.41, 5.74) is 0. The summed E-state index contributed by atoms with van der Waals surface area (Å²) in [4.78, 5) is 11.3. The van der Waals surface area contributed by atoms with Crippen LogP contribution in [0.2, 0.25) is 0 Å². The normalized spacial score (nSPS) is 23.0. The van der Waals surface area contributed by atoms with Gasteiger partial charge >= 0.3 is 0 Å². The number of aromatic nitrogens is 3. The number of rotatable bonds is 5. The molecule has 6 heteroatoms. The Labute approximate surface area is 123 Å². The standard InChI is InChI=1S/C15H20N4O2/c1-2-11-8-16-13(20-11)9-19-7-3-4-12(19)14-17-15(21-18-14)10-5-6-10/h8,10,12H,2-7,9H2,1H3. The van der Waals surface area contributed by atoms with Gasteiger partial charge in [-0.15, -0.1) is 0 Å². The van der Waals surface area contributed by atoms with Gasteiger partial charge in [0.1, 0.15) is 5.76 Å². The van der Waals surface area contributed by atoms with Crippen LogP contribution in [0.4, 0.5) is 0 Å². The van der Waals surface area contributed by atoms with Crippen LogP contribution in [-0.2, 0) is 13.0 Å². The molecule has 4 rings (SSSR count). The van der Waals surface area contributed by atoms with Crippen molar-refractivity contribution in [3.8, 4) is 0 Å². The van der Waals surface area contributed by atoms with Gasteiger partial charge in [-0.1, -0.05) is 12.1 Å². The molecular weight excluding hydrogens is 268 g/mol. The van der Waals surface area contributed by atoms with Gasteiger partial charge in [0.2, 0.25) is 11.8 Å². The minimum absolute atomic E-state index is 0.234. The maximum atomic E-state index is 5.72. The van der Waals surface area contributed by atoms with Gasteiger partial charge in [0.05, 0.1) is 18.8 Å². The summed E-state index contributed by atoms with van der Waals surface area (Å²) in [6.07, 6.45) is 7.30. The average molecular weight is 288 g/mol. The lowest BCUT2D eigenvalue weighted by molar-refractivity contribution is 0.210. The molecule has 0 radical (unpaired) electrons. The molecule has 1 saturated heterocycles. The van der Waals surface area contributed by atoms with Crippen LogP contribution in [0.15, 0.2) is 15.1 Å². The van der Waals surface area contributed by atoms with E-state index in [9.17, 15) is 0 Å². The Kier molecular flexibility index (Phi) is 3.25. The molecule has 2 aromatic heterocycles. The highest BCUT2D eigenvalue weighted by atomic mass is 16.5. The van der Waals surface area contributed by atoms with Crippen LogP contribution in [-0.4, -0.2) is 26.6 Å². The molecule has 0 aromatic carbocycles. The molecular formula is C15H20N4O2. The zero-order valence-electron chi connectivity index (χ0n) is 12.3. The molecule has 1 aliphatic heterocycles. The van der Waals surface area contributed by atoms with Crippen LogP contribution in [0.3, 0.4) is 0 Å². The molecule has 2 fully saturated rings. The zero-order chi connectivity index (χ0) is 14.2. The molecule has 1 aliphatic carbocycles. The Hall–Kier alpha value is -1.69. The van der Waals surface area contributed by atoms with Gasteiger partial charge in [-0.25, -0.2) is 4.98 Å². The van der Waals surface area contributed by atoms with Crippen LogP contribution in [0.5, 0.6) is 0 Å². The predicted molar refractivity (Wildman–Crippen MR) is 74.5 cm³/mol. The van der Waals surface area contributed by atoms with E-state index in [2.05, 4.69) is 26.9 Å². The second-order valence-electron chi connectivity index (χ2n) is 5.97. The van der Waals surface area contributed by atoms with Gasteiger partial charge in [0.25, 0.3) is 0 Å². The van der Waals surface area contributed by atoms with E-state index >= 15 is 0 Å². The van der Waals surface area contributed by atoms with Gasteiger partial charge in [0.15, 0.2) is 5.82 Å². The van der Waals surface area contributed by atoms with Gasteiger partial charge in [0, 0.05) is 12.3 Å². The van der Waals surface area contributed by atoms with E-state index in [4.69, 9.17) is 8.94 Å². The first-order valence-electron chi connectivity index (χ1n) is 7.84. The molecule has 1 atom stereocenters. The van der Waals surface area contributed by atoms with E-state index in [-0.39, 0.29) is 6.04 Å². The number of oxazole rings is 1. The molecule has 1 unspecified atom stereocenters. The summed E-state index contributed by atoms with van der Waals surface area (Å²) in [7, 11) is 0. The maximum Gasteiger partial charge on any atom is 0.229 e. The topological polar surface area (TPSA) is 68.2 Å². The molecule has 1 saturated carbocycles. The Morgan fingerprint density at radius 3 is 3.00 bits per heavy atom. The SMILES string of the molecule is CCc1cnc(CN2CCCC2c2noc(C3CC3)n2)o1. The highest BCUT2D eigenvalue weighted by molar-refractivity contribution is 5.05. The first-order chi connectivity index (χ1) is 10.3. The van der Waals surface area contributed by atoms with Gasteiger partial charge in [-0.05, 0) is 32.2 Å². The Morgan fingerprint density at radius 2 is 2.24 bits per heavy atom. The van der Waals surface area contributed by atoms with Crippen molar-refractivity contribution in [1.29, 1.82) is 0 Å². The first-order valence-corrected chi connectivity index (χ1v) is 7.84. The quantitative estimate of drug-likeness (QED) is 0.842. The highest BCUT2D eigenvalue weighted by Gasteiger charge is 2.34. The third-order valence-corrected chi connectivity index (χ3v) is 4.33. The number of hydrogen-bond acceptors (Lipinski definition) is 6. The fourth-order valence-electron chi connectivity index (χ4n) is 2.94. The number of nitrogens with zero attached hydrogens (tertiary/aromatic N) is 4. The number of aryl methyl sites for hydroxylation is 1. The second-order valence-corrected chi connectivity index (χ2v) is 5.97. The van der Waals surface area contributed by atoms with Crippen LogP contribution < -0.4 is 0 Å². The van der Waals surface area contributed by atoms with Crippen molar-refractivity contribution >= 4 is 0 Å². The van der Waals surface area contributed by atoms with E-state index < -0.39 is 0 Å². The van der Waals surface area contributed by atoms with Crippen molar-refractivity contribution in [3.05, 3.63) is 29.6 Å². The van der Waals surface area contributed by atoms with Crippen molar-refractivity contribution < 1.29 is 8.94 Å². The predicted octanol–water partition coefficient (Wildman–Crippen LogP) is 2.83. The van der Waals surface area contributed by atoms with E-state index in [1.807, 2.05) is 6.20 Å². The van der Waals surface area contributed by atoms with E-state index in [1.54, 1.807) is 0 Å². The number of hydrogen-bond donors (Lipinski definition) is 0. The molecule has 0 N–H and O–H groups in total. The third-order valence-electron chi connectivity index (χ3n) is 4.33. The summed E-state index contributed by atoms with van der Waals surface area (Å²) >= 11 is 0. The van der Waals surface area contributed by atoms with Gasteiger partial charge < -0.3 is 8.94 Å². The van der Waals surface area contributed by atoms with E-state index in [0.29, 0.717) is 5.92 Å². The van der Waals surface area contributed by atoms with Crippen LogP contribution >= 0.6 is 0 Å². The van der Waals surface area contributed by atoms with Crippen LogP contribution in [0.1, 0.15) is 67.9 Å². The molecule has 21 heavy (non-hydrogen) atoms. The fourth-order valence-corrected chi connectivity index (χ4v) is 2.94. The highest BCUT2D eigenvalue weighted by Crippen LogP contribution is 2.40. The number of likely N-dealkylation sites (tertiary alicyclic amines) is 1. The molecule has 6 nitrogen and oxygen atoms in total. The lowest BCUT2D eigenvalue weighted by atomic mass is 10.2. The van der Waals surface area contributed by atoms with Gasteiger partial charge in [-0.2, -0.15) is 4.98 Å². The monoisotopic (exact) mass is 288 g/mol. The van der Waals surface area contributed by atoms with E-state index in [1.165, 1.54) is 12.8 Å². The van der Waals surface area contributed by atoms with Crippen molar-refractivity contribution in [2.75, 3.05) is 6.54 Å². The molecule has 2 aliphatic rings. The summed E-state index contributed by atoms with van der Waals surface area (Å²) in [6.45, 7) is 3.82. The Morgan fingerprint density at radius 1 is 1.33 bits per heavy atom. The average Bonchev–Trinajstić information content (AvgIpc) is 2.95. The first kappa shape index (κ1) is 13.0. The maximum absolute atomic E-state index is 5.72. The third kappa shape index (κ3) is 2.60. The van der Waals surface area contributed by atoms with Gasteiger partial charge in [-0.3, -0.25) is 4.90 Å². The lowest BCUT2D eigenvalue weighted by Crippen LogP contribution is -2.23. The molecule has 0 amide bonds. The Bertz CT molecular complexity index is 617. The van der Waals surface area contributed by atoms with E-state index in [0.717, 1.165) is 55.7 Å². The van der Waals surface area contributed by atoms with Crippen molar-refractivity contribution in [1.82, 2.24) is 20.0 Å². The zero-order valence-corrected chi connectivity index (χ0v) is 12.3. The second kappa shape index (κ2) is 5.26. The van der Waals surface area contributed by atoms with Crippen LogP contribution in [0.25, 0.3) is 0 Å². The Balaban J connectivity index is 1.48. The minimum atomic E-state index is 0.234. The minimum Gasteiger partial charge on any atom is -0.444 e. The lowest BCUT2D eigenvalue weighted by Gasteiger charge is -2.19. The summed E-state index contributed by atoms with van der Waals surface area (Å²) in [6, 6.07) is 0.234. The van der Waals surface area contributed by atoms with Crippen LogP contribution in [0, 0.1) is 0 Å². The summed E-state index contributed by atoms with van der Waals surface area (Å²) < 4.78 is 11.1. The molecule has 0 bridgehead atoms. The molecule has 3 heterocycles. The molecule has 0 spiro atoms. The van der Waals surface area contributed by atoms with Crippen molar-refractivity contribution in [2.45, 2.75) is 57.5 Å². The van der Waals surface area contributed by atoms with Crippen molar-refractivity contribution in [2.24, 2.45) is 0 Å². The summed E-state index contributed by atoms with van der Waals surface area (Å²) in [5, 5.41) is 4.19. The fraction of sp³-hybridized carbons (Fsp3) is 0.667. The van der Waals surface area contributed by atoms with Crippen molar-refractivity contribution in [3.63, 3.8) is 0 Å². The summed E-state index contributed by atoms with van der Waals surface area (Å²) in [5.74, 6) is 3.89. The molecule has 112 valence electrons. The molecule has 2 aromatic rings.